The van der Waals surface area contributed by atoms with Crippen LogP contribution in [0.3, 0.4) is 0 Å². The lowest BCUT2D eigenvalue weighted by Crippen LogP contribution is -2.14. The number of anilines is 3. The van der Waals surface area contributed by atoms with Crippen molar-refractivity contribution in [2.75, 3.05) is 23.9 Å². The molecule has 24 heavy (non-hydrogen) atoms. The number of sulfone groups is 1. The molecule has 0 unspecified atom stereocenters. The van der Waals surface area contributed by atoms with Crippen LogP contribution < -0.4 is 10.6 Å². The van der Waals surface area contributed by atoms with Crippen LogP contribution in [-0.4, -0.2) is 36.3 Å². The van der Waals surface area contributed by atoms with Crippen LogP contribution in [0.15, 0.2) is 35.5 Å². The van der Waals surface area contributed by atoms with Crippen LogP contribution in [0.4, 0.5) is 21.7 Å². The molecule has 0 spiro atoms. The second-order valence-electron chi connectivity index (χ2n) is 5.53. The molecule has 0 aliphatic heterocycles. The molecule has 1 aromatic carbocycles. The van der Waals surface area contributed by atoms with E-state index in [0.717, 1.165) is 17.8 Å². The monoisotopic (exact) mass is 349 g/mol. The number of halogens is 1. The smallest absolute Gasteiger partial charge is 0.175 e. The minimum absolute atomic E-state index is 0.0771. The first-order valence-electron chi connectivity index (χ1n) is 6.99. The van der Waals surface area contributed by atoms with Gasteiger partial charge in [-0.15, -0.1) is 0 Å². The number of imidazole rings is 1. The molecule has 0 amide bonds. The number of nitrogens with zero attached hydrogens (tertiary/aromatic N) is 4. The second-order valence-corrected chi connectivity index (χ2v) is 7.55. The predicted octanol–water partition coefficient (Wildman–Crippen LogP) is 1.86. The van der Waals surface area contributed by atoms with Crippen molar-refractivity contribution < 1.29 is 12.8 Å². The number of nitrogen functional groups attached to an aromatic ring is 1. The fourth-order valence-electron chi connectivity index (χ4n) is 2.42. The number of fused-ring (bicyclic) bond motifs is 1. The van der Waals surface area contributed by atoms with Crippen LogP contribution >= 0.6 is 0 Å². The minimum Gasteiger partial charge on any atom is -0.382 e. The maximum Gasteiger partial charge on any atom is 0.175 e. The number of pyridine rings is 1. The summed E-state index contributed by atoms with van der Waals surface area (Å²) in [4.78, 5) is 9.84. The largest absolute Gasteiger partial charge is 0.382 e. The fraction of sp³-hybridized carbons (Fsp3) is 0.200. The van der Waals surface area contributed by atoms with Crippen molar-refractivity contribution in [1.82, 2.24) is 14.5 Å². The first-order chi connectivity index (χ1) is 11.2. The Bertz CT molecular complexity index is 1050. The molecule has 0 saturated carbocycles. The second kappa shape index (κ2) is 5.45. The zero-order chi connectivity index (χ0) is 17.6. The van der Waals surface area contributed by atoms with Crippen molar-refractivity contribution in [3.8, 4) is 0 Å². The number of nitrogens with two attached hydrogens (primary N) is 1. The molecule has 0 aliphatic carbocycles. The van der Waals surface area contributed by atoms with Gasteiger partial charge in [0.15, 0.2) is 15.7 Å². The lowest BCUT2D eigenvalue weighted by atomic mass is 10.2. The summed E-state index contributed by atoms with van der Waals surface area (Å²) in [6.45, 7) is 0. The first-order valence-corrected chi connectivity index (χ1v) is 8.88. The standard InChI is InChI=1S/C15H16FN5O2S/c1-20-8-18-14-12(20)7-13(19-15(14)17)21(2)11-5-4-9(6-10(11)16)24(3,22)23/h4-8H,1-3H3,(H2,17,19). The Morgan fingerprint density at radius 2 is 2.00 bits per heavy atom. The van der Waals surface area contributed by atoms with Gasteiger partial charge in [0.05, 0.1) is 22.4 Å². The highest BCUT2D eigenvalue weighted by molar-refractivity contribution is 7.90. The summed E-state index contributed by atoms with van der Waals surface area (Å²) in [5.74, 6) is 0.00335. The molecule has 7 nitrogen and oxygen atoms in total. The molecular formula is C15H16FN5O2S. The van der Waals surface area contributed by atoms with Crippen molar-refractivity contribution in [2.24, 2.45) is 7.05 Å². The summed E-state index contributed by atoms with van der Waals surface area (Å²) in [6, 6.07) is 5.49. The molecule has 0 saturated heterocycles. The maximum absolute atomic E-state index is 14.4. The van der Waals surface area contributed by atoms with Gasteiger partial charge in [0.2, 0.25) is 0 Å². The molecule has 2 N–H and O–H groups in total. The van der Waals surface area contributed by atoms with Crippen molar-refractivity contribution in [2.45, 2.75) is 4.90 Å². The van der Waals surface area contributed by atoms with Crippen molar-refractivity contribution in [3.63, 3.8) is 0 Å². The third-order valence-corrected chi connectivity index (χ3v) is 4.89. The lowest BCUT2D eigenvalue weighted by Gasteiger charge is -2.20. The fourth-order valence-corrected chi connectivity index (χ4v) is 3.06. The molecule has 0 atom stereocenters. The molecule has 3 rings (SSSR count). The van der Waals surface area contributed by atoms with Gasteiger partial charge < -0.3 is 15.2 Å². The molecule has 0 fully saturated rings. The van der Waals surface area contributed by atoms with Crippen LogP contribution in [0.2, 0.25) is 0 Å². The Morgan fingerprint density at radius 1 is 1.29 bits per heavy atom. The normalized spacial score (nSPS) is 11.8. The van der Waals surface area contributed by atoms with Gasteiger partial charge in [-0.25, -0.2) is 22.8 Å². The molecule has 9 heteroatoms. The van der Waals surface area contributed by atoms with Crippen LogP contribution in [0, 0.1) is 5.82 Å². The average molecular weight is 349 g/mol. The van der Waals surface area contributed by atoms with Crippen molar-refractivity contribution in [1.29, 1.82) is 0 Å². The highest BCUT2D eigenvalue weighted by Crippen LogP contribution is 2.30. The topological polar surface area (TPSA) is 94.1 Å². The minimum atomic E-state index is -3.47. The van der Waals surface area contributed by atoms with Crippen LogP contribution in [0.1, 0.15) is 0 Å². The van der Waals surface area contributed by atoms with Gasteiger partial charge in [-0.1, -0.05) is 0 Å². The third-order valence-electron chi connectivity index (χ3n) is 3.78. The summed E-state index contributed by atoms with van der Waals surface area (Å²) < 4.78 is 39.2. The molecule has 2 heterocycles. The number of aryl methyl sites for hydroxylation is 1. The average Bonchev–Trinajstić information content (AvgIpc) is 2.87. The Kier molecular flexibility index (Phi) is 3.67. The van der Waals surface area contributed by atoms with Gasteiger partial charge in [0.25, 0.3) is 0 Å². The van der Waals surface area contributed by atoms with E-state index < -0.39 is 15.7 Å². The van der Waals surface area contributed by atoms with E-state index in [-0.39, 0.29) is 16.4 Å². The number of benzene rings is 1. The summed E-state index contributed by atoms with van der Waals surface area (Å²) in [7, 11) is -0.0248. The summed E-state index contributed by atoms with van der Waals surface area (Å²) >= 11 is 0. The summed E-state index contributed by atoms with van der Waals surface area (Å²) in [6.07, 6.45) is 2.65. The number of aromatic nitrogens is 3. The van der Waals surface area contributed by atoms with E-state index in [1.54, 1.807) is 24.0 Å². The summed E-state index contributed by atoms with van der Waals surface area (Å²) in [5, 5.41) is 0. The van der Waals surface area contributed by atoms with Gasteiger partial charge in [0, 0.05) is 26.4 Å². The quantitative estimate of drug-likeness (QED) is 0.776. The molecule has 0 bridgehead atoms. The number of rotatable bonds is 3. The van der Waals surface area contributed by atoms with Gasteiger partial charge in [-0.05, 0) is 18.2 Å². The van der Waals surface area contributed by atoms with Gasteiger partial charge >= 0.3 is 0 Å². The van der Waals surface area contributed by atoms with Crippen LogP contribution in [0.5, 0.6) is 0 Å². The van der Waals surface area contributed by atoms with Crippen LogP contribution in [0.25, 0.3) is 11.0 Å². The molecular weight excluding hydrogens is 333 g/mol. The van der Waals surface area contributed by atoms with E-state index in [9.17, 15) is 12.8 Å². The van der Waals surface area contributed by atoms with Gasteiger partial charge in [0.1, 0.15) is 17.2 Å². The van der Waals surface area contributed by atoms with Gasteiger partial charge in [-0.2, -0.15) is 0 Å². The van der Waals surface area contributed by atoms with Crippen molar-refractivity contribution in [3.05, 3.63) is 36.4 Å². The molecule has 2 aromatic heterocycles. The Morgan fingerprint density at radius 3 is 2.62 bits per heavy atom. The molecule has 3 aromatic rings. The third kappa shape index (κ3) is 2.67. The molecule has 0 radical (unpaired) electrons. The van der Waals surface area contributed by atoms with E-state index in [1.165, 1.54) is 17.0 Å². The van der Waals surface area contributed by atoms with E-state index >= 15 is 0 Å². The highest BCUT2D eigenvalue weighted by atomic mass is 32.2. The Labute approximate surface area is 138 Å². The van der Waals surface area contributed by atoms with E-state index in [2.05, 4.69) is 9.97 Å². The van der Waals surface area contributed by atoms with Crippen LogP contribution in [-0.2, 0) is 16.9 Å². The zero-order valence-electron chi connectivity index (χ0n) is 13.4. The Balaban J connectivity index is 2.09. The Hall–Kier alpha value is -2.68. The predicted molar refractivity (Wildman–Crippen MR) is 90.5 cm³/mol. The number of hydrogen-bond acceptors (Lipinski definition) is 6. The van der Waals surface area contributed by atoms with E-state index in [0.29, 0.717) is 11.3 Å². The van der Waals surface area contributed by atoms with E-state index in [4.69, 9.17) is 5.73 Å². The van der Waals surface area contributed by atoms with E-state index in [1.807, 2.05) is 7.05 Å². The molecule has 126 valence electrons. The van der Waals surface area contributed by atoms with Crippen molar-refractivity contribution >= 4 is 38.2 Å². The van der Waals surface area contributed by atoms with Gasteiger partial charge in [-0.3, -0.25) is 0 Å². The molecule has 0 aliphatic rings. The zero-order valence-corrected chi connectivity index (χ0v) is 14.2. The maximum atomic E-state index is 14.4. The highest BCUT2D eigenvalue weighted by Gasteiger charge is 2.17. The number of hydrogen-bond donors (Lipinski definition) is 1. The summed E-state index contributed by atoms with van der Waals surface area (Å²) in [5.41, 5.74) is 7.44. The first kappa shape index (κ1) is 16.2. The SMILES string of the molecule is CN(c1cc2c(ncn2C)c(N)n1)c1ccc(S(C)(=O)=O)cc1F. The lowest BCUT2D eigenvalue weighted by molar-refractivity contribution is 0.596.